The van der Waals surface area contributed by atoms with Gasteiger partial charge in [-0.25, -0.2) is 0 Å². The van der Waals surface area contributed by atoms with Crippen molar-refractivity contribution < 1.29 is 14.3 Å². The number of nitrogens with one attached hydrogen (secondary N) is 1. The molecule has 0 bridgehead atoms. The minimum atomic E-state index is -0.110. The monoisotopic (exact) mass is 365 g/mol. The van der Waals surface area contributed by atoms with E-state index in [1.165, 1.54) is 0 Å². The highest BCUT2D eigenvalue weighted by atomic mass is 16.7. The van der Waals surface area contributed by atoms with E-state index < -0.39 is 0 Å². The van der Waals surface area contributed by atoms with Crippen LogP contribution in [0.15, 0.2) is 60.0 Å². The lowest BCUT2D eigenvalue weighted by molar-refractivity contribution is -0.169. The molecule has 0 radical (unpaired) electrons. The lowest BCUT2D eigenvalue weighted by Gasteiger charge is -2.22. The maximum absolute atomic E-state index is 5.69. The van der Waals surface area contributed by atoms with Gasteiger partial charge in [0.15, 0.2) is 6.29 Å². The minimum absolute atomic E-state index is 0.110. The van der Waals surface area contributed by atoms with E-state index in [0.717, 1.165) is 53.7 Å². The summed E-state index contributed by atoms with van der Waals surface area (Å²) in [6, 6.07) is 14.0. The zero-order valence-corrected chi connectivity index (χ0v) is 15.1. The van der Waals surface area contributed by atoms with Crippen LogP contribution in [0.4, 0.5) is 0 Å². The standard InChI is InChI=1S/C21H23N3O3/c1-2-6-16(7-3-1)21(18-14-17-9-10-22-15-19(17)23-18)24-27-13-12-26-20-8-4-5-11-25-20/h1-3,6-7,9-10,14-15,20,23H,4-5,8,11-13H2. The molecule has 1 saturated heterocycles. The summed E-state index contributed by atoms with van der Waals surface area (Å²) < 4.78 is 11.2. The Labute approximate surface area is 158 Å². The minimum Gasteiger partial charge on any atom is -0.393 e. The van der Waals surface area contributed by atoms with Crippen molar-refractivity contribution in [1.29, 1.82) is 0 Å². The molecule has 0 amide bonds. The van der Waals surface area contributed by atoms with Crippen LogP contribution >= 0.6 is 0 Å². The Hall–Kier alpha value is -2.70. The van der Waals surface area contributed by atoms with Crippen LogP contribution in [-0.2, 0) is 14.3 Å². The zero-order valence-electron chi connectivity index (χ0n) is 15.1. The fraction of sp³-hybridized carbons (Fsp3) is 0.333. The van der Waals surface area contributed by atoms with Crippen LogP contribution < -0.4 is 0 Å². The van der Waals surface area contributed by atoms with Crippen molar-refractivity contribution in [3.63, 3.8) is 0 Å². The van der Waals surface area contributed by atoms with Gasteiger partial charge < -0.3 is 19.3 Å². The Balaban J connectivity index is 1.45. The molecule has 1 fully saturated rings. The molecule has 0 spiro atoms. The Bertz CT molecular complexity index is 853. The summed E-state index contributed by atoms with van der Waals surface area (Å²) in [6.45, 7) is 1.60. The summed E-state index contributed by atoms with van der Waals surface area (Å²) in [6.07, 6.45) is 6.68. The molecule has 1 aliphatic heterocycles. The van der Waals surface area contributed by atoms with E-state index in [1.807, 2.05) is 36.4 Å². The van der Waals surface area contributed by atoms with Gasteiger partial charge in [0, 0.05) is 23.8 Å². The molecule has 3 heterocycles. The van der Waals surface area contributed by atoms with Crippen LogP contribution in [0, 0.1) is 0 Å². The smallest absolute Gasteiger partial charge is 0.157 e. The van der Waals surface area contributed by atoms with E-state index in [-0.39, 0.29) is 6.29 Å². The van der Waals surface area contributed by atoms with Crippen molar-refractivity contribution in [3.8, 4) is 0 Å². The molecule has 4 rings (SSSR count). The first-order valence-corrected chi connectivity index (χ1v) is 9.32. The topological polar surface area (TPSA) is 68.7 Å². The highest BCUT2D eigenvalue weighted by molar-refractivity contribution is 6.13. The van der Waals surface area contributed by atoms with Crippen molar-refractivity contribution in [2.24, 2.45) is 5.16 Å². The number of rotatable bonds is 7. The van der Waals surface area contributed by atoms with Gasteiger partial charge >= 0.3 is 0 Å². The zero-order chi connectivity index (χ0) is 18.3. The third-order valence-corrected chi connectivity index (χ3v) is 4.50. The van der Waals surface area contributed by atoms with Crippen LogP contribution in [0.5, 0.6) is 0 Å². The molecular formula is C21H23N3O3. The lowest BCUT2D eigenvalue weighted by Crippen LogP contribution is -2.23. The predicted molar refractivity (Wildman–Crippen MR) is 104 cm³/mol. The summed E-state index contributed by atoms with van der Waals surface area (Å²) in [7, 11) is 0. The summed E-state index contributed by atoms with van der Waals surface area (Å²) in [4.78, 5) is 13.1. The number of hydrogen-bond acceptors (Lipinski definition) is 5. The van der Waals surface area contributed by atoms with E-state index in [0.29, 0.717) is 13.2 Å². The summed E-state index contributed by atoms with van der Waals surface area (Å²) >= 11 is 0. The average molecular weight is 365 g/mol. The molecule has 0 aliphatic carbocycles. The first-order valence-electron chi connectivity index (χ1n) is 9.32. The number of benzene rings is 1. The molecule has 0 saturated carbocycles. The second-order valence-electron chi connectivity index (χ2n) is 6.45. The third kappa shape index (κ3) is 4.53. The first kappa shape index (κ1) is 17.7. The largest absolute Gasteiger partial charge is 0.393 e. The number of hydrogen-bond donors (Lipinski definition) is 1. The van der Waals surface area contributed by atoms with Crippen molar-refractivity contribution in [3.05, 3.63) is 66.1 Å². The van der Waals surface area contributed by atoms with E-state index >= 15 is 0 Å². The van der Waals surface area contributed by atoms with Gasteiger partial charge in [-0.2, -0.15) is 0 Å². The van der Waals surface area contributed by atoms with E-state index in [1.54, 1.807) is 12.4 Å². The number of fused-ring (bicyclic) bond motifs is 1. The van der Waals surface area contributed by atoms with Gasteiger partial charge in [-0.15, -0.1) is 0 Å². The van der Waals surface area contributed by atoms with Crippen LogP contribution in [0.1, 0.15) is 30.5 Å². The summed E-state index contributed by atoms with van der Waals surface area (Å²) in [5.74, 6) is 0. The van der Waals surface area contributed by atoms with Crippen molar-refractivity contribution >= 4 is 16.6 Å². The second kappa shape index (κ2) is 8.79. The fourth-order valence-electron chi connectivity index (χ4n) is 3.12. The summed E-state index contributed by atoms with van der Waals surface area (Å²) in [5.41, 5.74) is 3.59. The third-order valence-electron chi connectivity index (χ3n) is 4.50. The number of ether oxygens (including phenoxy) is 2. The average Bonchev–Trinajstić information content (AvgIpc) is 3.16. The Morgan fingerprint density at radius 3 is 2.93 bits per heavy atom. The lowest BCUT2D eigenvalue weighted by atomic mass is 10.1. The molecule has 2 aromatic heterocycles. The predicted octanol–water partition coefficient (Wildman–Crippen LogP) is 3.88. The van der Waals surface area contributed by atoms with Gasteiger partial charge in [0.1, 0.15) is 12.3 Å². The van der Waals surface area contributed by atoms with Crippen molar-refractivity contribution in [2.45, 2.75) is 25.6 Å². The number of oxime groups is 1. The molecule has 1 atom stereocenters. The van der Waals surface area contributed by atoms with Crippen LogP contribution in [0.2, 0.25) is 0 Å². The van der Waals surface area contributed by atoms with Gasteiger partial charge in [-0.3, -0.25) is 4.98 Å². The maximum Gasteiger partial charge on any atom is 0.157 e. The number of aromatic amines is 1. The number of H-pyrrole nitrogens is 1. The molecule has 6 heteroatoms. The number of nitrogens with zero attached hydrogens (tertiary/aromatic N) is 2. The van der Waals surface area contributed by atoms with E-state index in [4.69, 9.17) is 14.3 Å². The maximum atomic E-state index is 5.69. The normalized spacial score (nSPS) is 17.9. The van der Waals surface area contributed by atoms with Crippen LogP contribution in [0.25, 0.3) is 10.9 Å². The van der Waals surface area contributed by atoms with Crippen LogP contribution in [0.3, 0.4) is 0 Å². The van der Waals surface area contributed by atoms with Crippen molar-refractivity contribution in [2.75, 3.05) is 19.8 Å². The Kier molecular flexibility index (Phi) is 5.76. The van der Waals surface area contributed by atoms with Crippen LogP contribution in [-0.4, -0.2) is 41.8 Å². The number of pyridine rings is 1. The summed E-state index contributed by atoms with van der Waals surface area (Å²) in [5, 5.41) is 5.47. The highest BCUT2D eigenvalue weighted by Gasteiger charge is 2.14. The Morgan fingerprint density at radius 2 is 2.11 bits per heavy atom. The van der Waals surface area contributed by atoms with E-state index in [2.05, 4.69) is 21.2 Å². The van der Waals surface area contributed by atoms with E-state index in [9.17, 15) is 0 Å². The fourth-order valence-corrected chi connectivity index (χ4v) is 3.12. The molecule has 1 aliphatic rings. The highest BCUT2D eigenvalue weighted by Crippen LogP contribution is 2.18. The Morgan fingerprint density at radius 1 is 1.19 bits per heavy atom. The second-order valence-corrected chi connectivity index (χ2v) is 6.45. The molecular weight excluding hydrogens is 342 g/mol. The molecule has 1 unspecified atom stereocenters. The molecule has 3 aromatic rings. The SMILES string of the molecule is c1ccc(C(=NOCCOC2CCCCO2)c2cc3ccncc3[nH]2)cc1. The molecule has 6 nitrogen and oxygen atoms in total. The van der Waals surface area contributed by atoms with Gasteiger partial charge in [0.2, 0.25) is 0 Å². The van der Waals surface area contributed by atoms with Crippen molar-refractivity contribution in [1.82, 2.24) is 9.97 Å². The van der Waals surface area contributed by atoms with Gasteiger partial charge in [-0.05, 0) is 31.4 Å². The molecule has 27 heavy (non-hydrogen) atoms. The van der Waals surface area contributed by atoms with Gasteiger partial charge in [0.25, 0.3) is 0 Å². The number of aromatic nitrogens is 2. The molecule has 140 valence electrons. The van der Waals surface area contributed by atoms with Gasteiger partial charge in [0.05, 0.1) is 24.0 Å². The molecule has 1 N–H and O–H groups in total. The molecule has 1 aromatic carbocycles. The quantitative estimate of drug-likeness (QED) is 0.392. The van der Waals surface area contributed by atoms with Gasteiger partial charge in [-0.1, -0.05) is 35.5 Å². The first-order chi connectivity index (χ1) is 13.4.